The molecule has 0 radical (unpaired) electrons. The number of ether oxygens (including phenoxy) is 1. The molecule has 1 aromatic rings. The van der Waals surface area contributed by atoms with Crippen LogP contribution in [0.1, 0.15) is 32.8 Å². The van der Waals surface area contributed by atoms with Crippen LogP contribution in [0.25, 0.3) is 0 Å². The van der Waals surface area contributed by atoms with Gasteiger partial charge in [0.15, 0.2) is 0 Å². The maximum Gasteiger partial charge on any atom is 0.224 e. The van der Waals surface area contributed by atoms with Crippen molar-refractivity contribution < 1.29 is 9.53 Å². The Hall–Kier alpha value is -1.75. The largest absolute Gasteiger partial charge is 0.397 e. The Labute approximate surface area is 119 Å². The molecule has 1 aromatic carbocycles. The number of fused-ring (bicyclic) bond motifs is 1. The standard InChI is InChI=1S/C15H23N3O2/c1-4-20-15(2,3)9-17-13-8-12-10(7-11(13)16)5-6-14(19)18-12/h7-8,17H,4-6,9,16H2,1-3H3,(H,18,19). The highest BCUT2D eigenvalue weighted by molar-refractivity contribution is 5.95. The fourth-order valence-corrected chi connectivity index (χ4v) is 2.35. The molecule has 0 saturated carbocycles. The van der Waals surface area contributed by atoms with Crippen molar-refractivity contribution in [1.29, 1.82) is 0 Å². The van der Waals surface area contributed by atoms with E-state index in [0.717, 1.165) is 23.4 Å². The maximum atomic E-state index is 11.4. The van der Waals surface area contributed by atoms with E-state index in [-0.39, 0.29) is 11.5 Å². The molecule has 1 aliphatic rings. The first-order valence-electron chi connectivity index (χ1n) is 7.01. The second kappa shape index (κ2) is 5.71. The summed E-state index contributed by atoms with van der Waals surface area (Å²) in [6.07, 6.45) is 1.27. The van der Waals surface area contributed by atoms with Crippen LogP contribution in [0.5, 0.6) is 0 Å². The molecule has 4 N–H and O–H groups in total. The zero-order valence-corrected chi connectivity index (χ0v) is 12.4. The summed E-state index contributed by atoms with van der Waals surface area (Å²) in [6, 6.07) is 3.84. The van der Waals surface area contributed by atoms with Crippen LogP contribution >= 0.6 is 0 Å². The van der Waals surface area contributed by atoms with Gasteiger partial charge in [-0.15, -0.1) is 0 Å². The highest BCUT2D eigenvalue weighted by atomic mass is 16.5. The topological polar surface area (TPSA) is 76.4 Å². The van der Waals surface area contributed by atoms with Gasteiger partial charge in [0.2, 0.25) is 5.91 Å². The van der Waals surface area contributed by atoms with E-state index in [0.29, 0.717) is 25.3 Å². The summed E-state index contributed by atoms with van der Waals surface area (Å²) in [4.78, 5) is 11.4. The average Bonchev–Trinajstić information content (AvgIpc) is 2.37. The van der Waals surface area contributed by atoms with Gasteiger partial charge in [0, 0.05) is 25.3 Å². The predicted octanol–water partition coefficient (Wildman–Crippen LogP) is 2.38. The van der Waals surface area contributed by atoms with E-state index in [9.17, 15) is 4.79 Å². The monoisotopic (exact) mass is 277 g/mol. The second-order valence-corrected chi connectivity index (χ2v) is 5.69. The number of nitrogens with one attached hydrogen (secondary N) is 2. The minimum atomic E-state index is -0.264. The number of hydrogen-bond acceptors (Lipinski definition) is 4. The molecule has 1 aliphatic heterocycles. The zero-order chi connectivity index (χ0) is 14.8. The Kier molecular flexibility index (Phi) is 4.18. The van der Waals surface area contributed by atoms with Gasteiger partial charge < -0.3 is 21.1 Å². The van der Waals surface area contributed by atoms with Crippen LogP contribution in [0, 0.1) is 0 Å². The Bertz CT molecular complexity index is 512. The van der Waals surface area contributed by atoms with E-state index in [1.165, 1.54) is 0 Å². The molecule has 5 heteroatoms. The van der Waals surface area contributed by atoms with Gasteiger partial charge in [0.1, 0.15) is 0 Å². The third kappa shape index (κ3) is 3.42. The number of hydrogen-bond donors (Lipinski definition) is 3. The van der Waals surface area contributed by atoms with Crippen LogP contribution in [0.4, 0.5) is 17.1 Å². The lowest BCUT2D eigenvalue weighted by molar-refractivity contribution is -0.116. The molecule has 1 heterocycles. The van der Waals surface area contributed by atoms with Crippen molar-refractivity contribution in [1.82, 2.24) is 0 Å². The van der Waals surface area contributed by atoms with E-state index >= 15 is 0 Å². The van der Waals surface area contributed by atoms with Crippen molar-refractivity contribution >= 4 is 23.0 Å². The second-order valence-electron chi connectivity index (χ2n) is 5.69. The van der Waals surface area contributed by atoms with Crippen LogP contribution in [0.3, 0.4) is 0 Å². The van der Waals surface area contributed by atoms with Crippen LogP contribution in [0.15, 0.2) is 12.1 Å². The third-order valence-corrected chi connectivity index (χ3v) is 3.41. The molecule has 0 aromatic heterocycles. The summed E-state index contributed by atoms with van der Waals surface area (Å²) in [5.74, 6) is 0.0582. The van der Waals surface area contributed by atoms with Gasteiger partial charge in [-0.25, -0.2) is 0 Å². The Morgan fingerprint density at radius 2 is 2.15 bits per heavy atom. The number of benzene rings is 1. The van der Waals surface area contributed by atoms with E-state index < -0.39 is 0 Å². The number of nitrogen functional groups attached to an aromatic ring is 1. The van der Waals surface area contributed by atoms with Gasteiger partial charge in [-0.3, -0.25) is 4.79 Å². The van der Waals surface area contributed by atoms with Crippen molar-refractivity contribution in [2.75, 3.05) is 29.5 Å². The molecule has 0 fully saturated rings. The first kappa shape index (κ1) is 14.7. The molecule has 0 bridgehead atoms. The summed E-state index contributed by atoms with van der Waals surface area (Å²) < 4.78 is 5.65. The fraction of sp³-hybridized carbons (Fsp3) is 0.533. The number of aryl methyl sites for hydroxylation is 1. The number of anilines is 3. The predicted molar refractivity (Wildman–Crippen MR) is 82.0 cm³/mol. The molecular weight excluding hydrogens is 254 g/mol. The lowest BCUT2D eigenvalue weighted by Crippen LogP contribution is -2.33. The Morgan fingerprint density at radius 1 is 1.40 bits per heavy atom. The summed E-state index contributed by atoms with van der Waals surface area (Å²) in [5.41, 5.74) is 9.28. The highest BCUT2D eigenvalue weighted by Gasteiger charge is 2.20. The van der Waals surface area contributed by atoms with Gasteiger partial charge in [0.25, 0.3) is 0 Å². The van der Waals surface area contributed by atoms with Gasteiger partial charge in [-0.05, 0) is 44.9 Å². The minimum absolute atomic E-state index is 0.0582. The van der Waals surface area contributed by atoms with Crippen molar-refractivity contribution in [3.05, 3.63) is 17.7 Å². The van der Waals surface area contributed by atoms with Gasteiger partial charge in [0.05, 0.1) is 17.0 Å². The fourth-order valence-electron chi connectivity index (χ4n) is 2.35. The van der Waals surface area contributed by atoms with E-state index in [1.807, 2.05) is 32.9 Å². The van der Waals surface area contributed by atoms with Crippen molar-refractivity contribution in [2.45, 2.75) is 39.2 Å². The Balaban J connectivity index is 2.12. The first-order valence-corrected chi connectivity index (χ1v) is 7.01. The lowest BCUT2D eigenvalue weighted by atomic mass is 10.0. The number of rotatable bonds is 5. The number of carbonyl (C=O) groups excluding carboxylic acids is 1. The lowest BCUT2D eigenvalue weighted by Gasteiger charge is -2.26. The molecular formula is C15H23N3O2. The molecule has 2 rings (SSSR count). The van der Waals surface area contributed by atoms with Gasteiger partial charge in [-0.1, -0.05) is 0 Å². The van der Waals surface area contributed by atoms with Crippen LogP contribution < -0.4 is 16.4 Å². The van der Waals surface area contributed by atoms with Crippen molar-refractivity contribution in [3.8, 4) is 0 Å². The molecule has 0 atom stereocenters. The van der Waals surface area contributed by atoms with Crippen LogP contribution in [-0.2, 0) is 16.0 Å². The minimum Gasteiger partial charge on any atom is -0.397 e. The van der Waals surface area contributed by atoms with E-state index in [2.05, 4.69) is 10.6 Å². The third-order valence-electron chi connectivity index (χ3n) is 3.41. The summed E-state index contributed by atoms with van der Waals surface area (Å²) in [6.45, 7) is 7.35. The number of amides is 1. The van der Waals surface area contributed by atoms with Crippen molar-refractivity contribution in [3.63, 3.8) is 0 Å². The Morgan fingerprint density at radius 3 is 2.85 bits per heavy atom. The summed E-state index contributed by atoms with van der Waals surface area (Å²) >= 11 is 0. The normalized spacial score (nSPS) is 14.7. The molecule has 0 aliphatic carbocycles. The summed E-state index contributed by atoms with van der Waals surface area (Å²) in [7, 11) is 0. The van der Waals surface area contributed by atoms with Gasteiger partial charge in [-0.2, -0.15) is 0 Å². The highest BCUT2D eigenvalue weighted by Crippen LogP contribution is 2.31. The van der Waals surface area contributed by atoms with Gasteiger partial charge >= 0.3 is 0 Å². The first-order chi connectivity index (χ1) is 9.41. The quantitative estimate of drug-likeness (QED) is 0.722. The average molecular weight is 277 g/mol. The van der Waals surface area contributed by atoms with Crippen molar-refractivity contribution in [2.24, 2.45) is 0 Å². The molecule has 0 unspecified atom stereocenters. The smallest absolute Gasteiger partial charge is 0.224 e. The molecule has 20 heavy (non-hydrogen) atoms. The zero-order valence-electron chi connectivity index (χ0n) is 12.4. The molecule has 5 nitrogen and oxygen atoms in total. The maximum absolute atomic E-state index is 11.4. The summed E-state index contributed by atoms with van der Waals surface area (Å²) in [5, 5.41) is 6.19. The SMILES string of the molecule is CCOC(C)(C)CNc1cc2c(cc1N)CCC(=O)N2. The molecule has 0 spiro atoms. The van der Waals surface area contributed by atoms with Crippen LogP contribution in [0.2, 0.25) is 0 Å². The number of carbonyl (C=O) groups is 1. The number of nitrogens with two attached hydrogens (primary N) is 1. The molecule has 110 valence electrons. The van der Waals surface area contributed by atoms with E-state index in [4.69, 9.17) is 10.5 Å². The molecule has 0 saturated heterocycles. The van der Waals surface area contributed by atoms with Crippen LogP contribution in [-0.4, -0.2) is 24.7 Å². The van der Waals surface area contributed by atoms with E-state index in [1.54, 1.807) is 0 Å². The molecule has 1 amide bonds.